The van der Waals surface area contributed by atoms with Gasteiger partial charge in [-0.25, -0.2) is 4.98 Å². The zero-order valence-corrected chi connectivity index (χ0v) is 8.95. The number of thiazole rings is 1. The fourth-order valence-corrected chi connectivity index (χ4v) is 2.13. The third-order valence-corrected chi connectivity index (χ3v) is 2.86. The molecule has 0 amide bonds. The van der Waals surface area contributed by atoms with Crippen LogP contribution in [0, 0.1) is 0 Å². The van der Waals surface area contributed by atoms with Gasteiger partial charge < -0.3 is 10.5 Å². The van der Waals surface area contributed by atoms with E-state index in [0.29, 0.717) is 10.2 Å². The van der Waals surface area contributed by atoms with Gasteiger partial charge in [-0.15, -0.1) is 0 Å². The predicted octanol–water partition coefficient (Wildman–Crippen LogP) is 2.91. The number of hydrogen-bond donors (Lipinski definition) is 1. The van der Waals surface area contributed by atoms with Gasteiger partial charge in [-0.05, 0) is 12.1 Å². The van der Waals surface area contributed by atoms with Crippen LogP contribution < -0.4 is 10.5 Å². The predicted molar refractivity (Wildman–Crippen MR) is 55.6 cm³/mol. The molecule has 16 heavy (non-hydrogen) atoms. The molecule has 2 aromatic rings. The first kappa shape index (κ1) is 11.0. The minimum absolute atomic E-state index is 0.0813. The average molecular weight is 248 g/mol. The summed E-state index contributed by atoms with van der Waals surface area (Å²) in [5.41, 5.74) is 5.04. The number of hydrogen-bond acceptors (Lipinski definition) is 4. The van der Waals surface area contributed by atoms with Crippen molar-refractivity contribution in [2.24, 2.45) is 0 Å². The van der Waals surface area contributed by atoms with E-state index < -0.39 is 11.7 Å². The largest absolute Gasteiger partial charge is 0.494 e. The van der Waals surface area contributed by atoms with Gasteiger partial charge in [0.15, 0.2) is 5.13 Å². The molecule has 1 heterocycles. The van der Waals surface area contributed by atoms with Crippen molar-refractivity contribution in [3.63, 3.8) is 0 Å². The smallest absolute Gasteiger partial charge is 0.416 e. The lowest BCUT2D eigenvalue weighted by atomic mass is 10.2. The number of ether oxygens (including phenoxy) is 1. The number of nitrogens with zero attached hydrogens (tertiary/aromatic N) is 1. The van der Waals surface area contributed by atoms with E-state index in [1.165, 1.54) is 7.11 Å². The van der Waals surface area contributed by atoms with Crippen LogP contribution in [0.1, 0.15) is 5.56 Å². The van der Waals surface area contributed by atoms with Crippen molar-refractivity contribution in [2.45, 2.75) is 6.18 Å². The lowest BCUT2D eigenvalue weighted by Gasteiger charge is -2.08. The molecule has 0 saturated heterocycles. The number of alkyl halides is 3. The van der Waals surface area contributed by atoms with Crippen molar-refractivity contribution >= 4 is 26.7 Å². The Labute approximate surface area is 92.7 Å². The Morgan fingerprint density at radius 3 is 2.62 bits per heavy atom. The van der Waals surface area contributed by atoms with Crippen LogP contribution in [-0.4, -0.2) is 12.1 Å². The van der Waals surface area contributed by atoms with E-state index in [2.05, 4.69) is 4.98 Å². The van der Waals surface area contributed by atoms with Crippen LogP contribution in [0.5, 0.6) is 5.75 Å². The Bertz CT molecular complexity index is 535. The summed E-state index contributed by atoms with van der Waals surface area (Å²) in [6.45, 7) is 0. The molecule has 0 aliphatic rings. The number of anilines is 1. The highest BCUT2D eigenvalue weighted by Gasteiger charge is 2.32. The summed E-state index contributed by atoms with van der Waals surface area (Å²) < 4.78 is 42.8. The SMILES string of the molecule is COc1cc(C(F)(F)F)cc2sc(N)nc12. The Hall–Kier alpha value is -1.50. The number of benzene rings is 1. The standard InChI is InChI=1S/C9H7F3N2OS/c1-15-5-2-4(9(10,11)12)3-6-7(5)14-8(13)16-6/h2-3H,1H3,(H2,13,14). The number of halogens is 3. The number of aromatic nitrogens is 1. The van der Waals surface area contributed by atoms with Crippen molar-refractivity contribution in [1.29, 1.82) is 0 Å². The maximum atomic E-state index is 12.5. The number of fused-ring (bicyclic) bond motifs is 1. The highest BCUT2D eigenvalue weighted by molar-refractivity contribution is 7.22. The second-order valence-corrected chi connectivity index (χ2v) is 4.14. The van der Waals surface area contributed by atoms with Crippen molar-refractivity contribution in [2.75, 3.05) is 12.8 Å². The Kier molecular flexibility index (Phi) is 2.42. The summed E-state index contributed by atoms with van der Waals surface area (Å²) in [5, 5.41) is 0.215. The summed E-state index contributed by atoms with van der Waals surface area (Å²) in [7, 11) is 1.30. The third-order valence-electron chi connectivity index (χ3n) is 2.02. The molecule has 0 saturated carbocycles. The molecule has 86 valence electrons. The highest BCUT2D eigenvalue weighted by atomic mass is 32.1. The molecule has 0 atom stereocenters. The van der Waals surface area contributed by atoms with Crippen LogP contribution in [0.4, 0.5) is 18.3 Å². The van der Waals surface area contributed by atoms with Crippen molar-refractivity contribution in [3.05, 3.63) is 17.7 Å². The normalized spacial score (nSPS) is 12.0. The molecule has 7 heteroatoms. The van der Waals surface area contributed by atoms with E-state index in [1.54, 1.807) is 0 Å². The van der Waals surface area contributed by atoms with E-state index in [9.17, 15) is 13.2 Å². The topological polar surface area (TPSA) is 48.1 Å². The van der Waals surface area contributed by atoms with Gasteiger partial charge in [0, 0.05) is 0 Å². The van der Waals surface area contributed by atoms with Gasteiger partial charge in [-0.3, -0.25) is 0 Å². The molecular formula is C9H7F3N2OS. The summed E-state index contributed by atoms with van der Waals surface area (Å²) in [6, 6.07) is 1.94. The molecule has 3 nitrogen and oxygen atoms in total. The molecule has 2 N–H and O–H groups in total. The van der Waals surface area contributed by atoms with E-state index in [-0.39, 0.29) is 10.9 Å². The Morgan fingerprint density at radius 1 is 1.38 bits per heavy atom. The minimum atomic E-state index is -4.40. The summed E-state index contributed by atoms with van der Waals surface area (Å²) in [6.07, 6.45) is -4.40. The van der Waals surface area contributed by atoms with Crippen LogP contribution >= 0.6 is 11.3 Å². The van der Waals surface area contributed by atoms with Gasteiger partial charge in [0.25, 0.3) is 0 Å². The van der Waals surface area contributed by atoms with Crippen LogP contribution in [0.3, 0.4) is 0 Å². The molecule has 0 fully saturated rings. The zero-order valence-electron chi connectivity index (χ0n) is 8.13. The average Bonchev–Trinajstić information content (AvgIpc) is 2.54. The van der Waals surface area contributed by atoms with Gasteiger partial charge in [0.2, 0.25) is 0 Å². The zero-order chi connectivity index (χ0) is 11.9. The quantitative estimate of drug-likeness (QED) is 0.844. The monoisotopic (exact) mass is 248 g/mol. The third kappa shape index (κ3) is 1.78. The van der Waals surface area contributed by atoms with E-state index in [4.69, 9.17) is 10.5 Å². The van der Waals surface area contributed by atoms with Crippen molar-refractivity contribution in [3.8, 4) is 5.75 Å². The Morgan fingerprint density at radius 2 is 2.06 bits per heavy atom. The first-order valence-corrected chi connectivity index (χ1v) is 5.04. The Balaban J connectivity index is 2.72. The number of methoxy groups -OCH3 is 1. The lowest BCUT2D eigenvalue weighted by molar-refractivity contribution is -0.137. The van der Waals surface area contributed by atoms with Gasteiger partial charge in [0.1, 0.15) is 11.3 Å². The maximum absolute atomic E-state index is 12.5. The van der Waals surface area contributed by atoms with E-state index >= 15 is 0 Å². The van der Waals surface area contributed by atoms with Crippen LogP contribution in [-0.2, 0) is 6.18 Å². The van der Waals surface area contributed by atoms with Gasteiger partial charge in [0.05, 0.1) is 17.4 Å². The van der Waals surface area contributed by atoms with E-state index in [0.717, 1.165) is 23.5 Å². The molecular weight excluding hydrogens is 241 g/mol. The molecule has 0 unspecified atom stereocenters. The first-order chi connectivity index (χ1) is 7.41. The van der Waals surface area contributed by atoms with Gasteiger partial charge in [-0.2, -0.15) is 13.2 Å². The highest BCUT2D eigenvalue weighted by Crippen LogP contribution is 2.38. The molecule has 0 spiro atoms. The number of nitrogen functional groups attached to an aromatic ring is 1. The van der Waals surface area contributed by atoms with Crippen molar-refractivity contribution < 1.29 is 17.9 Å². The fourth-order valence-electron chi connectivity index (χ4n) is 1.34. The summed E-state index contributed by atoms with van der Waals surface area (Å²) in [4.78, 5) is 3.91. The van der Waals surface area contributed by atoms with Gasteiger partial charge >= 0.3 is 6.18 Å². The van der Waals surface area contributed by atoms with Crippen LogP contribution in [0.2, 0.25) is 0 Å². The van der Waals surface area contributed by atoms with Crippen LogP contribution in [0.15, 0.2) is 12.1 Å². The summed E-state index contributed by atoms with van der Waals surface area (Å²) in [5.74, 6) is 0.0813. The molecule has 2 rings (SSSR count). The lowest BCUT2D eigenvalue weighted by Crippen LogP contribution is -2.04. The van der Waals surface area contributed by atoms with Gasteiger partial charge in [-0.1, -0.05) is 11.3 Å². The number of rotatable bonds is 1. The number of nitrogens with two attached hydrogens (primary N) is 1. The van der Waals surface area contributed by atoms with Crippen LogP contribution in [0.25, 0.3) is 10.2 Å². The minimum Gasteiger partial charge on any atom is -0.494 e. The second kappa shape index (κ2) is 3.51. The maximum Gasteiger partial charge on any atom is 0.416 e. The molecule has 1 aromatic heterocycles. The fraction of sp³-hybridized carbons (Fsp3) is 0.222. The van der Waals surface area contributed by atoms with Crippen molar-refractivity contribution in [1.82, 2.24) is 4.98 Å². The second-order valence-electron chi connectivity index (χ2n) is 3.08. The summed E-state index contributed by atoms with van der Waals surface area (Å²) >= 11 is 0.999. The molecule has 0 aliphatic heterocycles. The molecule has 1 aromatic carbocycles. The van der Waals surface area contributed by atoms with E-state index in [1.807, 2.05) is 0 Å². The molecule has 0 radical (unpaired) electrons. The first-order valence-electron chi connectivity index (χ1n) is 4.23. The molecule has 0 bridgehead atoms. The molecule has 0 aliphatic carbocycles.